The van der Waals surface area contributed by atoms with Crippen molar-refractivity contribution < 1.29 is 0 Å². The van der Waals surface area contributed by atoms with Gasteiger partial charge in [-0.1, -0.05) is 11.6 Å². The Morgan fingerprint density at radius 3 is 2.58 bits per heavy atom. The average molecular weight is 271 g/mol. The second-order valence-corrected chi connectivity index (χ2v) is 4.91. The number of rotatable bonds is 3. The van der Waals surface area contributed by atoms with Crippen molar-refractivity contribution in [2.45, 2.75) is 18.8 Å². The van der Waals surface area contributed by atoms with Crippen molar-refractivity contribution in [1.29, 1.82) is 5.26 Å². The van der Waals surface area contributed by atoms with Crippen LogP contribution in [-0.2, 0) is 0 Å². The number of halogens is 1. The van der Waals surface area contributed by atoms with Gasteiger partial charge in [-0.2, -0.15) is 5.26 Å². The lowest BCUT2D eigenvalue weighted by atomic mass is 10.2. The summed E-state index contributed by atoms with van der Waals surface area (Å²) in [4.78, 5) is 8.70. The summed E-state index contributed by atoms with van der Waals surface area (Å²) in [6.45, 7) is 0. The third-order valence-electron chi connectivity index (χ3n) is 2.94. The van der Waals surface area contributed by atoms with E-state index in [-0.39, 0.29) is 0 Å². The molecule has 0 aliphatic heterocycles. The molecule has 0 bridgehead atoms. The highest BCUT2D eigenvalue weighted by Crippen LogP contribution is 2.38. The van der Waals surface area contributed by atoms with E-state index in [0.717, 1.165) is 24.4 Å². The Balaban J connectivity index is 1.83. The fourth-order valence-electron chi connectivity index (χ4n) is 1.80. The number of hydrogen-bond acceptors (Lipinski definition) is 4. The Kier molecular flexibility index (Phi) is 3.06. The summed E-state index contributed by atoms with van der Waals surface area (Å²) in [5.41, 5.74) is 1.50. The van der Waals surface area contributed by atoms with E-state index in [1.54, 1.807) is 18.2 Å². The van der Waals surface area contributed by atoms with Gasteiger partial charge in [-0.15, -0.1) is 0 Å². The lowest BCUT2D eigenvalue weighted by Crippen LogP contribution is -1.99. The molecule has 4 nitrogen and oxygen atoms in total. The van der Waals surface area contributed by atoms with Crippen molar-refractivity contribution >= 4 is 23.1 Å². The Morgan fingerprint density at radius 1 is 1.21 bits per heavy atom. The predicted molar refractivity (Wildman–Crippen MR) is 73.5 cm³/mol. The summed E-state index contributed by atoms with van der Waals surface area (Å²) >= 11 is 6.00. The molecule has 1 aliphatic rings. The summed E-state index contributed by atoms with van der Waals surface area (Å²) in [5, 5.41) is 12.4. The van der Waals surface area contributed by atoms with E-state index in [1.165, 1.54) is 0 Å². The highest BCUT2D eigenvalue weighted by molar-refractivity contribution is 6.29. The zero-order valence-electron chi connectivity index (χ0n) is 10.1. The Labute approximate surface area is 116 Å². The van der Waals surface area contributed by atoms with E-state index in [2.05, 4.69) is 21.4 Å². The van der Waals surface area contributed by atoms with Crippen LogP contribution < -0.4 is 5.32 Å². The summed E-state index contributed by atoms with van der Waals surface area (Å²) < 4.78 is 0. The van der Waals surface area contributed by atoms with Gasteiger partial charge in [-0.25, -0.2) is 9.97 Å². The molecule has 1 N–H and O–H groups in total. The van der Waals surface area contributed by atoms with Crippen LogP contribution in [0, 0.1) is 11.3 Å². The molecule has 3 rings (SSSR count). The third kappa shape index (κ3) is 2.83. The van der Waals surface area contributed by atoms with E-state index in [9.17, 15) is 0 Å². The van der Waals surface area contributed by atoms with E-state index < -0.39 is 0 Å². The van der Waals surface area contributed by atoms with Gasteiger partial charge in [-0.05, 0) is 37.1 Å². The maximum atomic E-state index is 8.75. The van der Waals surface area contributed by atoms with Crippen LogP contribution in [0.15, 0.2) is 30.3 Å². The Morgan fingerprint density at radius 2 is 1.95 bits per heavy atom. The zero-order chi connectivity index (χ0) is 13.2. The minimum atomic E-state index is 0.452. The first kappa shape index (κ1) is 11.9. The number of nitrogens with one attached hydrogen (secondary N) is 1. The van der Waals surface area contributed by atoms with Gasteiger partial charge in [0.1, 0.15) is 16.8 Å². The largest absolute Gasteiger partial charge is 0.340 e. The number of benzene rings is 1. The van der Waals surface area contributed by atoms with E-state index in [1.807, 2.05) is 12.1 Å². The maximum Gasteiger partial charge on any atom is 0.135 e. The summed E-state index contributed by atoms with van der Waals surface area (Å²) in [5.74, 6) is 1.95. The predicted octanol–water partition coefficient (Wildman–Crippen LogP) is 3.62. The van der Waals surface area contributed by atoms with Gasteiger partial charge in [-0.3, -0.25) is 0 Å². The molecule has 1 aromatic heterocycles. The van der Waals surface area contributed by atoms with Crippen molar-refractivity contribution in [3.8, 4) is 6.07 Å². The summed E-state index contributed by atoms with van der Waals surface area (Å²) in [6, 6.07) is 11.0. The minimum Gasteiger partial charge on any atom is -0.340 e. The SMILES string of the molecule is N#Cc1ccc(Nc2cc(Cl)nc(C3CC3)n2)cc1. The van der Waals surface area contributed by atoms with Crippen molar-refractivity contribution in [3.05, 3.63) is 46.9 Å². The standard InChI is InChI=1S/C14H11ClN4/c15-12-7-13(19-14(18-12)10-3-4-10)17-11-5-1-9(8-16)2-6-11/h1-2,5-7,10H,3-4H2,(H,17,18,19). The number of aromatic nitrogens is 2. The molecule has 0 radical (unpaired) electrons. The normalized spacial score (nSPS) is 13.9. The van der Waals surface area contributed by atoms with Crippen LogP contribution in [0.2, 0.25) is 5.15 Å². The average Bonchev–Trinajstić information content (AvgIpc) is 3.23. The molecule has 1 saturated carbocycles. The molecule has 0 saturated heterocycles. The summed E-state index contributed by atoms with van der Waals surface area (Å²) in [7, 11) is 0. The molecule has 0 unspecified atom stereocenters. The molecule has 19 heavy (non-hydrogen) atoms. The number of nitrogens with zero attached hydrogens (tertiary/aromatic N) is 3. The fourth-order valence-corrected chi connectivity index (χ4v) is 1.99. The topological polar surface area (TPSA) is 61.6 Å². The van der Waals surface area contributed by atoms with Crippen LogP contribution in [0.5, 0.6) is 0 Å². The first-order valence-corrected chi connectivity index (χ1v) is 6.44. The van der Waals surface area contributed by atoms with Gasteiger partial charge in [0, 0.05) is 17.7 Å². The summed E-state index contributed by atoms with van der Waals surface area (Å²) in [6.07, 6.45) is 2.27. The molecular weight excluding hydrogens is 260 g/mol. The quantitative estimate of drug-likeness (QED) is 0.865. The van der Waals surface area contributed by atoms with Crippen LogP contribution in [0.1, 0.15) is 30.1 Å². The van der Waals surface area contributed by atoms with Gasteiger partial charge in [0.2, 0.25) is 0 Å². The van der Waals surface area contributed by atoms with Crippen LogP contribution in [-0.4, -0.2) is 9.97 Å². The lowest BCUT2D eigenvalue weighted by molar-refractivity contribution is 0.931. The highest BCUT2D eigenvalue weighted by atomic mass is 35.5. The molecule has 1 aliphatic carbocycles. The van der Waals surface area contributed by atoms with Gasteiger partial charge >= 0.3 is 0 Å². The van der Waals surface area contributed by atoms with E-state index >= 15 is 0 Å². The zero-order valence-corrected chi connectivity index (χ0v) is 10.9. The minimum absolute atomic E-state index is 0.452. The third-order valence-corrected chi connectivity index (χ3v) is 3.13. The van der Waals surface area contributed by atoms with Gasteiger partial charge in [0.15, 0.2) is 0 Å². The van der Waals surface area contributed by atoms with Crippen LogP contribution in [0.4, 0.5) is 11.5 Å². The fraction of sp³-hybridized carbons (Fsp3) is 0.214. The molecule has 1 heterocycles. The molecule has 0 spiro atoms. The molecule has 0 amide bonds. The van der Waals surface area contributed by atoms with Crippen molar-refractivity contribution in [2.24, 2.45) is 0 Å². The van der Waals surface area contributed by atoms with Crippen LogP contribution in [0.25, 0.3) is 0 Å². The highest BCUT2D eigenvalue weighted by Gasteiger charge is 2.27. The maximum absolute atomic E-state index is 8.75. The first-order valence-electron chi connectivity index (χ1n) is 6.06. The molecular formula is C14H11ClN4. The molecule has 5 heteroatoms. The van der Waals surface area contributed by atoms with Crippen LogP contribution >= 0.6 is 11.6 Å². The number of hydrogen-bond donors (Lipinski definition) is 1. The monoisotopic (exact) mass is 270 g/mol. The Hall–Kier alpha value is -2.12. The number of anilines is 2. The smallest absolute Gasteiger partial charge is 0.135 e. The lowest BCUT2D eigenvalue weighted by Gasteiger charge is -2.07. The first-order chi connectivity index (χ1) is 9.24. The van der Waals surface area contributed by atoms with Gasteiger partial charge < -0.3 is 5.32 Å². The second kappa shape index (κ2) is 4.87. The molecule has 0 atom stereocenters. The van der Waals surface area contributed by atoms with Gasteiger partial charge in [0.25, 0.3) is 0 Å². The molecule has 1 fully saturated rings. The molecule has 2 aromatic rings. The van der Waals surface area contributed by atoms with E-state index in [0.29, 0.717) is 22.5 Å². The van der Waals surface area contributed by atoms with Crippen LogP contribution in [0.3, 0.4) is 0 Å². The Bertz CT molecular complexity index is 641. The van der Waals surface area contributed by atoms with Crippen molar-refractivity contribution in [1.82, 2.24) is 9.97 Å². The second-order valence-electron chi connectivity index (χ2n) is 4.52. The molecule has 1 aromatic carbocycles. The van der Waals surface area contributed by atoms with Crippen molar-refractivity contribution in [3.63, 3.8) is 0 Å². The van der Waals surface area contributed by atoms with E-state index in [4.69, 9.17) is 16.9 Å². The molecule has 94 valence electrons. The number of nitriles is 1. The van der Waals surface area contributed by atoms with Gasteiger partial charge in [0.05, 0.1) is 11.6 Å². The van der Waals surface area contributed by atoms with Crippen molar-refractivity contribution in [2.75, 3.05) is 5.32 Å².